The second-order valence-corrected chi connectivity index (χ2v) is 5.98. The molecule has 0 fully saturated rings. The maximum absolute atomic E-state index is 6.05. The zero-order chi connectivity index (χ0) is 18.2. The summed E-state index contributed by atoms with van der Waals surface area (Å²) >= 11 is 6.05. The molecule has 0 aliphatic rings. The smallest absolute Gasteiger partial charge is 0.225 e. The first-order valence-electron chi connectivity index (χ1n) is 8.17. The molecule has 0 spiro atoms. The van der Waals surface area contributed by atoms with Crippen LogP contribution in [-0.4, -0.2) is 5.90 Å². The third-order valence-corrected chi connectivity index (χ3v) is 3.68. The molecule has 0 amide bonds. The van der Waals surface area contributed by atoms with E-state index in [0.717, 1.165) is 17.0 Å². The van der Waals surface area contributed by atoms with Gasteiger partial charge in [-0.1, -0.05) is 54.1 Å². The average molecular weight is 364 g/mol. The van der Waals surface area contributed by atoms with Gasteiger partial charge in [0.05, 0.1) is 11.9 Å². The van der Waals surface area contributed by atoms with Gasteiger partial charge < -0.3 is 9.47 Å². The Balaban J connectivity index is 1.88. The third kappa shape index (κ3) is 5.23. The molecule has 3 aromatic rings. The van der Waals surface area contributed by atoms with Gasteiger partial charge in [-0.2, -0.15) is 0 Å². The van der Waals surface area contributed by atoms with Crippen LogP contribution in [0.25, 0.3) is 0 Å². The highest BCUT2D eigenvalue weighted by Gasteiger charge is 2.08. The summed E-state index contributed by atoms with van der Waals surface area (Å²) in [6.45, 7) is 1.88. The van der Waals surface area contributed by atoms with Crippen molar-refractivity contribution in [2.75, 3.05) is 0 Å². The normalized spacial score (nSPS) is 11.9. The molecule has 0 atom stereocenters. The number of aliphatic imine (C=N–C) groups is 1. The van der Waals surface area contributed by atoms with E-state index in [1.807, 2.05) is 79.7 Å². The molecule has 0 saturated heterocycles. The Morgan fingerprint density at radius 3 is 2.19 bits per heavy atom. The summed E-state index contributed by atoms with van der Waals surface area (Å²) in [5.41, 5.74) is 1.54. The van der Waals surface area contributed by atoms with E-state index < -0.39 is 0 Å². The molecule has 0 aromatic heterocycles. The van der Waals surface area contributed by atoms with Crippen LogP contribution >= 0.6 is 11.6 Å². The van der Waals surface area contributed by atoms with Gasteiger partial charge in [0.2, 0.25) is 5.90 Å². The van der Waals surface area contributed by atoms with Crippen LogP contribution in [0.1, 0.15) is 6.92 Å². The molecule has 0 bridgehead atoms. The van der Waals surface area contributed by atoms with E-state index in [4.69, 9.17) is 21.1 Å². The van der Waals surface area contributed by atoms with Crippen LogP contribution in [0.5, 0.6) is 11.5 Å². The summed E-state index contributed by atoms with van der Waals surface area (Å²) in [6.07, 6.45) is 1.63. The number of para-hydroxylation sites is 2. The summed E-state index contributed by atoms with van der Waals surface area (Å²) in [5, 5.41) is 0.601. The van der Waals surface area contributed by atoms with Crippen molar-refractivity contribution in [3.05, 3.63) is 102 Å². The number of hydrogen-bond acceptors (Lipinski definition) is 3. The highest BCUT2D eigenvalue weighted by atomic mass is 35.5. The highest BCUT2D eigenvalue weighted by molar-refractivity contribution is 6.30. The molecular formula is C22H18ClNO2. The fourth-order valence-electron chi connectivity index (χ4n) is 2.16. The van der Waals surface area contributed by atoms with E-state index in [1.165, 1.54) is 0 Å². The van der Waals surface area contributed by atoms with Crippen LogP contribution < -0.4 is 9.47 Å². The van der Waals surface area contributed by atoms with Crippen molar-refractivity contribution < 1.29 is 9.47 Å². The van der Waals surface area contributed by atoms with Crippen LogP contribution in [0.4, 0.5) is 5.69 Å². The number of nitrogens with zero attached hydrogens (tertiary/aromatic N) is 1. The van der Waals surface area contributed by atoms with Crippen molar-refractivity contribution in [3.8, 4) is 11.5 Å². The Labute approximate surface area is 158 Å². The van der Waals surface area contributed by atoms with Crippen LogP contribution in [-0.2, 0) is 0 Å². The lowest BCUT2D eigenvalue weighted by molar-refractivity contribution is 0.473. The number of halogens is 1. The summed E-state index contributed by atoms with van der Waals surface area (Å²) in [5.74, 6) is 1.79. The standard InChI is InChI=1S/C22H18ClNO2/c1-17(16-25-20-12-6-3-7-13-20)22(24-19-10-4-2-5-11-19)26-21-14-8-9-18(23)15-21/h2-16H,1H3. The molecule has 0 unspecified atom stereocenters. The van der Waals surface area contributed by atoms with Crippen molar-refractivity contribution in [1.82, 2.24) is 0 Å². The van der Waals surface area contributed by atoms with Gasteiger partial charge in [0.25, 0.3) is 0 Å². The molecule has 0 heterocycles. The molecular weight excluding hydrogens is 346 g/mol. The Hall–Kier alpha value is -3.04. The predicted molar refractivity (Wildman–Crippen MR) is 106 cm³/mol. The SMILES string of the molecule is CC(=COc1ccccc1)C(=Nc1ccccc1)Oc1cccc(Cl)c1. The van der Waals surface area contributed by atoms with E-state index >= 15 is 0 Å². The van der Waals surface area contributed by atoms with E-state index in [0.29, 0.717) is 16.7 Å². The molecule has 3 nitrogen and oxygen atoms in total. The van der Waals surface area contributed by atoms with Crippen molar-refractivity contribution >= 4 is 23.2 Å². The second kappa shape index (κ2) is 8.88. The van der Waals surface area contributed by atoms with Gasteiger partial charge in [0.15, 0.2) is 0 Å². The fraction of sp³-hybridized carbons (Fsp3) is 0.0455. The quantitative estimate of drug-likeness (QED) is 0.297. The molecule has 0 radical (unpaired) electrons. The Morgan fingerprint density at radius 2 is 1.50 bits per heavy atom. The number of ether oxygens (including phenoxy) is 2. The molecule has 26 heavy (non-hydrogen) atoms. The van der Waals surface area contributed by atoms with Gasteiger partial charge in [0.1, 0.15) is 11.5 Å². The summed E-state index contributed by atoms with van der Waals surface area (Å²) in [7, 11) is 0. The minimum Gasteiger partial charge on any atom is -0.465 e. The fourth-order valence-corrected chi connectivity index (χ4v) is 2.34. The van der Waals surface area contributed by atoms with Gasteiger partial charge in [-0.3, -0.25) is 0 Å². The second-order valence-electron chi connectivity index (χ2n) is 5.54. The van der Waals surface area contributed by atoms with E-state index in [9.17, 15) is 0 Å². The zero-order valence-electron chi connectivity index (χ0n) is 14.3. The predicted octanol–water partition coefficient (Wildman–Crippen LogP) is 6.43. The number of hydrogen-bond donors (Lipinski definition) is 0. The van der Waals surface area contributed by atoms with Crippen LogP contribution in [0, 0.1) is 0 Å². The largest absolute Gasteiger partial charge is 0.465 e. The lowest BCUT2D eigenvalue weighted by Crippen LogP contribution is -2.10. The van der Waals surface area contributed by atoms with Gasteiger partial charge in [-0.25, -0.2) is 4.99 Å². The van der Waals surface area contributed by atoms with Crippen molar-refractivity contribution in [2.45, 2.75) is 6.92 Å². The molecule has 3 rings (SSSR count). The highest BCUT2D eigenvalue weighted by Crippen LogP contribution is 2.21. The Morgan fingerprint density at radius 1 is 0.846 bits per heavy atom. The molecule has 0 N–H and O–H groups in total. The van der Waals surface area contributed by atoms with Crippen molar-refractivity contribution in [3.63, 3.8) is 0 Å². The number of benzene rings is 3. The lowest BCUT2D eigenvalue weighted by atomic mass is 10.3. The molecule has 3 aromatic carbocycles. The molecule has 130 valence electrons. The maximum atomic E-state index is 6.05. The van der Waals surface area contributed by atoms with E-state index in [2.05, 4.69) is 4.99 Å². The van der Waals surface area contributed by atoms with Crippen LogP contribution in [0.2, 0.25) is 5.02 Å². The van der Waals surface area contributed by atoms with Crippen LogP contribution in [0.3, 0.4) is 0 Å². The average Bonchev–Trinajstić information content (AvgIpc) is 2.67. The molecule has 0 aliphatic heterocycles. The Kier molecular flexibility index (Phi) is 6.07. The van der Waals surface area contributed by atoms with E-state index in [1.54, 1.807) is 18.4 Å². The van der Waals surface area contributed by atoms with Crippen molar-refractivity contribution in [2.24, 2.45) is 4.99 Å². The Bertz CT molecular complexity index is 906. The van der Waals surface area contributed by atoms with Gasteiger partial charge >= 0.3 is 0 Å². The molecule has 0 saturated carbocycles. The molecule has 0 aliphatic carbocycles. The zero-order valence-corrected chi connectivity index (χ0v) is 15.1. The summed E-state index contributed by atoms with van der Waals surface area (Å²) in [4.78, 5) is 4.60. The van der Waals surface area contributed by atoms with Gasteiger partial charge in [0, 0.05) is 10.6 Å². The lowest BCUT2D eigenvalue weighted by Gasteiger charge is -2.10. The van der Waals surface area contributed by atoms with Gasteiger partial charge in [-0.15, -0.1) is 0 Å². The van der Waals surface area contributed by atoms with Crippen LogP contribution in [0.15, 0.2) is 102 Å². The maximum Gasteiger partial charge on any atom is 0.225 e. The summed E-state index contributed by atoms with van der Waals surface area (Å²) in [6, 6.07) is 26.4. The first kappa shape index (κ1) is 17.8. The minimum absolute atomic E-state index is 0.439. The monoisotopic (exact) mass is 363 g/mol. The first-order valence-corrected chi connectivity index (χ1v) is 8.54. The topological polar surface area (TPSA) is 30.8 Å². The van der Waals surface area contributed by atoms with Crippen molar-refractivity contribution in [1.29, 1.82) is 0 Å². The minimum atomic E-state index is 0.439. The van der Waals surface area contributed by atoms with E-state index in [-0.39, 0.29) is 0 Å². The molecule has 4 heteroatoms. The first-order chi connectivity index (χ1) is 12.7. The number of rotatable bonds is 5. The summed E-state index contributed by atoms with van der Waals surface area (Å²) < 4.78 is 11.7. The van der Waals surface area contributed by atoms with Gasteiger partial charge in [-0.05, 0) is 49.4 Å². The third-order valence-electron chi connectivity index (χ3n) is 3.45.